The predicted molar refractivity (Wildman–Crippen MR) is 79.6 cm³/mol. The molecule has 3 N–H and O–H groups in total. The maximum absolute atomic E-state index is 9.95. The van der Waals surface area contributed by atoms with Crippen molar-refractivity contribution in [3.63, 3.8) is 0 Å². The predicted octanol–water partition coefficient (Wildman–Crippen LogP) is 1.75. The highest BCUT2D eigenvalue weighted by Crippen LogP contribution is 2.08. The van der Waals surface area contributed by atoms with E-state index in [1.165, 1.54) is 5.56 Å². The third-order valence-corrected chi connectivity index (χ3v) is 3.27. The summed E-state index contributed by atoms with van der Waals surface area (Å²) in [6.45, 7) is 3.09. The van der Waals surface area contributed by atoms with E-state index in [1.807, 2.05) is 48.5 Å². The van der Waals surface area contributed by atoms with Crippen LogP contribution in [0.1, 0.15) is 18.5 Å². The molecule has 0 radical (unpaired) electrons. The van der Waals surface area contributed by atoms with E-state index in [1.54, 1.807) is 0 Å². The van der Waals surface area contributed by atoms with E-state index in [-0.39, 0.29) is 0 Å². The molecule has 0 aromatic heterocycles. The molecule has 0 aliphatic heterocycles. The molecule has 0 heterocycles. The van der Waals surface area contributed by atoms with Crippen molar-refractivity contribution in [3.8, 4) is 5.75 Å². The summed E-state index contributed by atoms with van der Waals surface area (Å²) in [4.78, 5) is 0. The largest absolute Gasteiger partial charge is 0.491 e. The molecule has 0 spiro atoms. The highest BCUT2D eigenvalue weighted by Gasteiger charge is 2.12. The highest BCUT2D eigenvalue weighted by atomic mass is 16.5. The number of hydrogen-bond acceptors (Lipinski definition) is 2. The molecule has 0 amide bonds. The lowest BCUT2D eigenvalue weighted by Crippen LogP contribution is -2.87. The van der Waals surface area contributed by atoms with Gasteiger partial charge in [-0.25, -0.2) is 0 Å². The number of rotatable bonds is 7. The van der Waals surface area contributed by atoms with Crippen molar-refractivity contribution in [3.05, 3.63) is 66.2 Å². The summed E-state index contributed by atoms with van der Waals surface area (Å²) in [5.41, 5.74) is 1.27. The second-order valence-corrected chi connectivity index (χ2v) is 4.95. The molecule has 2 atom stereocenters. The molecule has 0 saturated heterocycles. The van der Waals surface area contributed by atoms with Gasteiger partial charge >= 0.3 is 0 Å². The average molecular weight is 272 g/mol. The topological polar surface area (TPSA) is 46.1 Å². The first kappa shape index (κ1) is 14.6. The number of hydrogen-bond donors (Lipinski definition) is 2. The Morgan fingerprint density at radius 2 is 1.60 bits per heavy atom. The quantitative estimate of drug-likeness (QED) is 0.806. The fourth-order valence-electron chi connectivity index (χ4n) is 2.03. The molecule has 3 nitrogen and oxygen atoms in total. The van der Waals surface area contributed by atoms with Crippen LogP contribution in [-0.2, 0) is 0 Å². The summed E-state index contributed by atoms with van der Waals surface area (Å²) in [7, 11) is 0. The van der Waals surface area contributed by atoms with Crippen LogP contribution < -0.4 is 10.1 Å². The van der Waals surface area contributed by atoms with Crippen molar-refractivity contribution in [2.45, 2.75) is 19.1 Å². The minimum Gasteiger partial charge on any atom is -0.491 e. The summed E-state index contributed by atoms with van der Waals surface area (Å²) in [5, 5.41) is 12.1. The number of quaternary nitrogens is 1. The second kappa shape index (κ2) is 7.68. The molecule has 0 aliphatic carbocycles. The van der Waals surface area contributed by atoms with Crippen molar-refractivity contribution in [1.29, 1.82) is 0 Å². The average Bonchev–Trinajstić information content (AvgIpc) is 2.52. The molecule has 2 aromatic carbocycles. The van der Waals surface area contributed by atoms with Gasteiger partial charge in [-0.3, -0.25) is 0 Å². The van der Waals surface area contributed by atoms with Gasteiger partial charge in [0, 0.05) is 5.56 Å². The maximum atomic E-state index is 9.95. The molecular formula is C17H22NO2+. The van der Waals surface area contributed by atoms with Crippen molar-refractivity contribution in [1.82, 2.24) is 0 Å². The van der Waals surface area contributed by atoms with Crippen LogP contribution in [0.5, 0.6) is 5.75 Å². The minimum atomic E-state index is -0.471. The zero-order valence-corrected chi connectivity index (χ0v) is 11.8. The number of aliphatic hydroxyl groups is 1. The summed E-state index contributed by atoms with van der Waals surface area (Å²) in [6, 6.07) is 20.2. The third kappa shape index (κ3) is 4.68. The summed E-state index contributed by atoms with van der Waals surface area (Å²) in [6.07, 6.45) is -0.471. The van der Waals surface area contributed by atoms with Crippen LogP contribution in [0.4, 0.5) is 0 Å². The highest BCUT2D eigenvalue weighted by molar-refractivity contribution is 5.20. The summed E-state index contributed by atoms with van der Waals surface area (Å²) < 4.78 is 5.54. The molecule has 106 valence electrons. The standard InChI is InChI=1S/C17H21NO2/c1-14(15-8-4-2-5-9-15)18-12-16(19)13-20-17-10-6-3-7-11-17/h2-11,14,16,18-19H,12-13H2,1H3/p+1. The lowest BCUT2D eigenvalue weighted by atomic mass is 10.1. The van der Waals surface area contributed by atoms with E-state index in [4.69, 9.17) is 4.74 Å². The van der Waals surface area contributed by atoms with Gasteiger partial charge in [0.05, 0.1) is 0 Å². The Kier molecular flexibility index (Phi) is 5.59. The molecule has 0 bridgehead atoms. The summed E-state index contributed by atoms with van der Waals surface area (Å²) in [5.74, 6) is 0.794. The van der Waals surface area contributed by atoms with Crippen molar-refractivity contribution in [2.75, 3.05) is 13.2 Å². The van der Waals surface area contributed by atoms with E-state index in [0.29, 0.717) is 19.2 Å². The lowest BCUT2D eigenvalue weighted by Gasteiger charge is -2.15. The van der Waals surface area contributed by atoms with Crippen LogP contribution >= 0.6 is 0 Å². The minimum absolute atomic E-state index is 0.321. The Morgan fingerprint density at radius 3 is 2.25 bits per heavy atom. The second-order valence-electron chi connectivity index (χ2n) is 4.95. The van der Waals surface area contributed by atoms with Crippen molar-refractivity contribution in [2.24, 2.45) is 0 Å². The van der Waals surface area contributed by atoms with E-state index in [0.717, 1.165) is 5.75 Å². The van der Waals surface area contributed by atoms with Gasteiger partial charge in [0.25, 0.3) is 0 Å². The Labute approximate surface area is 120 Å². The molecule has 0 aliphatic rings. The van der Waals surface area contributed by atoms with E-state index >= 15 is 0 Å². The van der Waals surface area contributed by atoms with Gasteiger partial charge in [-0.05, 0) is 19.1 Å². The van der Waals surface area contributed by atoms with Crippen LogP contribution in [0.25, 0.3) is 0 Å². The first-order valence-electron chi connectivity index (χ1n) is 7.00. The number of aliphatic hydroxyl groups excluding tert-OH is 1. The number of ether oxygens (including phenoxy) is 1. The van der Waals surface area contributed by atoms with Crippen molar-refractivity contribution >= 4 is 0 Å². The van der Waals surface area contributed by atoms with Gasteiger partial charge in [0.1, 0.15) is 31.0 Å². The van der Waals surface area contributed by atoms with E-state index in [9.17, 15) is 5.11 Å². The molecule has 0 saturated carbocycles. The zero-order valence-electron chi connectivity index (χ0n) is 11.8. The van der Waals surface area contributed by atoms with Gasteiger partial charge < -0.3 is 15.2 Å². The SMILES string of the molecule is CC([NH2+]CC(O)COc1ccccc1)c1ccccc1. The first-order valence-corrected chi connectivity index (χ1v) is 7.00. The monoisotopic (exact) mass is 272 g/mol. The zero-order chi connectivity index (χ0) is 14.2. The van der Waals surface area contributed by atoms with Crippen LogP contribution in [-0.4, -0.2) is 24.4 Å². The molecule has 2 unspecified atom stereocenters. The Morgan fingerprint density at radius 1 is 1.00 bits per heavy atom. The van der Waals surface area contributed by atoms with Gasteiger partial charge in [-0.2, -0.15) is 0 Å². The Bertz CT molecular complexity index is 487. The normalized spacial score (nSPS) is 13.7. The third-order valence-electron chi connectivity index (χ3n) is 3.27. The number of nitrogens with two attached hydrogens (primary N) is 1. The molecule has 2 rings (SSSR count). The lowest BCUT2D eigenvalue weighted by molar-refractivity contribution is -0.698. The van der Waals surface area contributed by atoms with Crippen LogP contribution in [0, 0.1) is 0 Å². The van der Waals surface area contributed by atoms with Gasteiger partial charge in [0.2, 0.25) is 0 Å². The van der Waals surface area contributed by atoms with Crippen molar-refractivity contribution < 1.29 is 15.2 Å². The van der Waals surface area contributed by atoms with Gasteiger partial charge in [0.15, 0.2) is 0 Å². The smallest absolute Gasteiger partial charge is 0.137 e. The molecule has 0 fully saturated rings. The summed E-state index contributed by atoms with van der Waals surface area (Å²) >= 11 is 0. The molecule has 2 aromatic rings. The fraction of sp³-hybridized carbons (Fsp3) is 0.294. The van der Waals surface area contributed by atoms with Gasteiger partial charge in [-0.1, -0.05) is 48.5 Å². The van der Waals surface area contributed by atoms with E-state index in [2.05, 4.69) is 24.4 Å². The van der Waals surface area contributed by atoms with E-state index < -0.39 is 6.10 Å². The maximum Gasteiger partial charge on any atom is 0.137 e. The number of benzene rings is 2. The molecular weight excluding hydrogens is 250 g/mol. The first-order chi connectivity index (χ1) is 9.75. The Hall–Kier alpha value is -1.84. The van der Waals surface area contributed by atoms with Crippen LogP contribution in [0.15, 0.2) is 60.7 Å². The molecule has 3 heteroatoms. The fourth-order valence-corrected chi connectivity index (χ4v) is 2.03. The number of para-hydroxylation sites is 1. The van der Waals surface area contributed by atoms with Crippen LogP contribution in [0.3, 0.4) is 0 Å². The van der Waals surface area contributed by atoms with Gasteiger partial charge in [-0.15, -0.1) is 0 Å². The molecule has 20 heavy (non-hydrogen) atoms. The Balaban J connectivity index is 1.71. The van der Waals surface area contributed by atoms with Crippen LogP contribution in [0.2, 0.25) is 0 Å².